The van der Waals surface area contributed by atoms with Crippen LogP contribution in [0.3, 0.4) is 0 Å². The Morgan fingerprint density at radius 3 is 2.78 bits per heavy atom. The number of ether oxygens (including phenoxy) is 1. The van der Waals surface area contributed by atoms with E-state index in [1.807, 2.05) is 32.0 Å². The molecule has 0 aliphatic heterocycles. The second kappa shape index (κ2) is 5.65. The summed E-state index contributed by atoms with van der Waals surface area (Å²) in [7, 11) is 0. The van der Waals surface area contributed by atoms with Crippen LogP contribution in [-0.4, -0.2) is 11.0 Å². The fraction of sp³-hybridized carbons (Fsp3) is 0.267. The Labute approximate surface area is 108 Å². The van der Waals surface area contributed by atoms with Gasteiger partial charge in [-0.2, -0.15) is 0 Å². The molecule has 1 atom stereocenters. The zero-order valence-corrected chi connectivity index (χ0v) is 10.8. The Balaban J connectivity index is 2.15. The first-order valence-corrected chi connectivity index (χ1v) is 6.08. The summed E-state index contributed by atoms with van der Waals surface area (Å²) in [6.45, 7) is 4.05. The molecule has 0 saturated carbocycles. The molecule has 0 amide bonds. The molecule has 1 aromatic carbocycles. The number of nitrogens with two attached hydrogens (primary N) is 1. The molecule has 2 N–H and O–H groups in total. The van der Waals surface area contributed by atoms with Crippen molar-refractivity contribution in [2.24, 2.45) is 5.73 Å². The lowest BCUT2D eigenvalue weighted by molar-refractivity contribution is 0.476. The van der Waals surface area contributed by atoms with E-state index in [0.717, 1.165) is 23.5 Å². The lowest BCUT2D eigenvalue weighted by atomic mass is 10.0. The normalized spacial score (nSPS) is 12.2. The lowest BCUT2D eigenvalue weighted by Gasteiger charge is -2.11. The molecule has 0 bridgehead atoms. The van der Waals surface area contributed by atoms with E-state index in [1.165, 1.54) is 5.56 Å². The Morgan fingerprint density at radius 1 is 1.33 bits per heavy atom. The highest BCUT2D eigenvalue weighted by atomic mass is 16.5. The van der Waals surface area contributed by atoms with Crippen molar-refractivity contribution in [3.05, 3.63) is 53.9 Å². The maximum Gasteiger partial charge on any atom is 0.145 e. The predicted molar refractivity (Wildman–Crippen MR) is 72.8 cm³/mol. The average molecular weight is 242 g/mol. The molecule has 0 saturated heterocycles. The third-order valence-corrected chi connectivity index (χ3v) is 2.66. The minimum atomic E-state index is 0.175. The van der Waals surface area contributed by atoms with Gasteiger partial charge in [0.25, 0.3) is 0 Å². The van der Waals surface area contributed by atoms with E-state index in [-0.39, 0.29) is 6.04 Å². The first-order valence-electron chi connectivity index (χ1n) is 6.08. The summed E-state index contributed by atoms with van der Waals surface area (Å²) in [5.41, 5.74) is 8.14. The minimum absolute atomic E-state index is 0.175. The van der Waals surface area contributed by atoms with E-state index in [1.54, 1.807) is 12.4 Å². The number of hydrogen-bond acceptors (Lipinski definition) is 3. The topological polar surface area (TPSA) is 48.1 Å². The first-order chi connectivity index (χ1) is 8.65. The van der Waals surface area contributed by atoms with Gasteiger partial charge in [0.15, 0.2) is 0 Å². The number of benzene rings is 1. The molecule has 0 fully saturated rings. The van der Waals surface area contributed by atoms with Crippen LogP contribution in [0.1, 0.15) is 18.1 Å². The van der Waals surface area contributed by atoms with E-state index >= 15 is 0 Å². The van der Waals surface area contributed by atoms with Gasteiger partial charge in [-0.25, -0.2) is 0 Å². The van der Waals surface area contributed by atoms with Gasteiger partial charge in [0, 0.05) is 12.2 Å². The van der Waals surface area contributed by atoms with E-state index in [0.29, 0.717) is 0 Å². The smallest absolute Gasteiger partial charge is 0.145 e. The molecule has 2 aromatic rings. The van der Waals surface area contributed by atoms with Gasteiger partial charge in [-0.3, -0.25) is 4.98 Å². The van der Waals surface area contributed by atoms with Gasteiger partial charge in [0.05, 0.1) is 6.20 Å². The molecule has 0 aliphatic carbocycles. The van der Waals surface area contributed by atoms with Crippen molar-refractivity contribution >= 4 is 0 Å². The molecule has 3 nitrogen and oxygen atoms in total. The fourth-order valence-electron chi connectivity index (χ4n) is 1.86. The summed E-state index contributed by atoms with van der Waals surface area (Å²) in [4.78, 5) is 4.03. The number of aryl methyl sites for hydroxylation is 1. The molecule has 0 spiro atoms. The van der Waals surface area contributed by atoms with Gasteiger partial charge in [-0.15, -0.1) is 0 Å². The van der Waals surface area contributed by atoms with Crippen LogP contribution in [0.4, 0.5) is 0 Å². The van der Waals surface area contributed by atoms with Crippen LogP contribution in [-0.2, 0) is 6.42 Å². The molecule has 94 valence electrons. The van der Waals surface area contributed by atoms with Gasteiger partial charge in [-0.05, 0) is 49.6 Å². The Hall–Kier alpha value is -1.87. The van der Waals surface area contributed by atoms with Gasteiger partial charge >= 0.3 is 0 Å². The van der Waals surface area contributed by atoms with Gasteiger partial charge in [0.2, 0.25) is 0 Å². The zero-order chi connectivity index (χ0) is 13.0. The summed E-state index contributed by atoms with van der Waals surface area (Å²) in [6.07, 6.45) is 4.31. The predicted octanol–water partition coefficient (Wildman–Crippen LogP) is 3.07. The molecule has 0 radical (unpaired) electrons. The summed E-state index contributed by atoms with van der Waals surface area (Å²) in [5.74, 6) is 1.61. The van der Waals surface area contributed by atoms with Crippen LogP contribution in [0.25, 0.3) is 0 Å². The van der Waals surface area contributed by atoms with Crippen LogP contribution in [0, 0.1) is 6.92 Å². The average Bonchev–Trinajstić information content (AvgIpc) is 2.33. The van der Waals surface area contributed by atoms with Crippen LogP contribution in [0.15, 0.2) is 42.7 Å². The van der Waals surface area contributed by atoms with Crippen molar-refractivity contribution < 1.29 is 4.74 Å². The standard InChI is InChI=1S/C15H18N2O/c1-11-8-13(9-12(2)16)5-6-15(11)18-14-4-3-7-17-10-14/h3-8,10,12H,9,16H2,1-2H3. The molecular formula is C15H18N2O. The number of aromatic nitrogens is 1. The van der Waals surface area contributed by atoms with Crippen molar-refractivity contribution in [1.82, 2.24) is 4.98 Å². The number of nitrogens with zero attached hydrogens (tertiary/aromatic N) is 1. The van der Waals surface area contributed by atoms with Gasteiger partial charge in [-0.1, -0.05) is 12.1 Å². The number of hydrogen-bond donors (Lipinski definition) is 1. The fourth-order valence-corrected chi connectivity index (χ4v) is 1.86. The minimum Gasteiger partial charge on any atom is -0.455 e. The summed E-state index contributed by atoms with van der Waals surface area (Å²) in [6, 6.07) is 10.1. The first kappa shape index (κ1) is 12.6. The third-order valence-electron chi connectivity index (χ3n) is 2.66. The van der Waals surface area contributed by atoms with Crippen LogP contribution < -0.4 is 10.5 Å². The molecule has 0 aliphatic rings. The lowest BCUT2D eigenvalue weighted by Crippen LogP contribution is -2.17. The van der Waals surface area contributed by atoms with Crippen molar-refractivity contribution in [1.29, 1.82) is 0 Å². The highest BCUT2D eigenvalue weighted by Gasteiger charge is 2.04. The third kappa shape index (κ3) is 3.31. The molecule has 3 heteroatoms. The Bertz CT molecular complexity index is 509. The summed E-state index contributed by atoms with van der Waals surface area (Å²) in [5, 5.41) is 0. The number of rotatable bonds is 4. The second-order valence-corrected chi connectivity index (χ2v) is 4.57. The van der Waals surface area contributed by atoms with E-state index in [9.17, 15) is 0 Å². The highest BCUT2D eigenvalue weighted by molar-refractivity contribution is 5.39. The molecular weight excluding hydrogens is 224 g/mol. The maximum atomic E-state index is 5.80. The van der Waals surface area contributed by atoms with E-state index in [2.05, 4.69) is 17.1 Å². The molecule has 1 heterocycles. The van der Waals surface area contributed by atoms with E-state index < -0.39 is 0 Å². The van der Waals surface area contributed by atoms with Crippen LogP contribution >= 0.6 is 0 Å². The van der Waals surface area contributed by atoms with Crippen molar-refractivity contribution in [2.75, 3.05) is 0 Å². The molecule has 2 rings (SSSR count). The van der Waals surface area contributed by atoms with Gasteiger partial charge < -0.3 is 10.5 Å². The van der Waals surface area contributed by atoms with Crippen LogP contribution in [0.2, 0.25) is 0 Å². The summed E-state index contributed by atoms with van der Waals surface area (Å²) >= 11 is 0. The Morgan fingerprint density at radius 2 is 2.17 bits per heavy atom. The number of pyridine rings is 1. The monoisotopic (exact) mass is 242 g/mol. The molecule has 1 unspecified atom stereocenters. The van der Waals surface area contributed by atoms with Crippen molar-refractivity contribution in [3.63, 3.8) is 0 Å². The zero-order valence-electron chi connectivity index (χ0n) is 10.8. The SMILES string of the molecule is Cc1cc(CC(C)N)ccc1Oc1cccnc1. The molecule has 1 aromatic heterocycles. The Kier molecular flexibility index (Phi) is 3.95. The van der Waals surface area contributed by atoms with Crippen molar-refractivity contribution in [3.8, 4) is 11.5 Å². The molecule has 18 heavy (non-hydrogen) atoms. The van der Waals surface area contributed by atoms with Crippen molar-refractivity contribution in [2.45, 2.75) is 26.3 Å². The van der Waals surface area contributed by atoms with E-state index in [4.69, 9.17) is 10.5 Å². The maximum absolute atomic E-state index is 5.80. The van der Waals surface area contributed by atoms with Gasteiger partial charge in [0.1, 0.15) is 11.5 Å². The largest absolute Gasteiger partial charge is 0.455 e. The summed E-state index contributed by atoms with van der Waals surface area (Å²) < 4.78 is 5.78. The quantitative estimate of drug-likeness (QED) is 0.896. The highest BCUT2D eigenvalue weighted by Crippen LogP contribution is 2.25. The van der Waals surface area contributed by atoms with Crippen LogP contribution in [0.5, 0.6) is 11.5 Å². The second-order valence-electron chi connectivity index (χ2n) is 4.57.